The van der Waals surface area contributed by atoms with Gasteiger partial charge in [0.2, 0.25) is 12.2 Å². The molecule has 13 heteroatoms. The Kier molecular flexibility index (Phi) is 9.67. The molecule has 1 saturated carbocycles. The van der Waals surface area contributed by atoms with E-state index in [1.807, 2.05) is 30.3 Å². The number of hydrogen-bond donors (Lipinski definition) is 6. The Balaban J connectivity index is 1.50. The van der Waals surface area contributed by atoms with Crippen LogP contribution in [0.25, 0.3) is 0 Å². The highest BCUT2D eigenvalue weighted by atomic mass is 16.8. The molecule has 1 amide bonds. The zero-order valence-corrected chi connectivity index (χ0v) is 26.9. The second-order valence-electron chi connectivity index (χ2n) is 12.2. The van der Waals surface area contributed by atoms with Gasteiger partial charge in [-0.3, -0.25) is 4.79 Å². The first-order chi connectivity index (χ1) is 23.1. The van der Waals surface area contributed by atoms with Crippen LogP contribution in [0.1, 0.15) is 28.2 Å². The average Bonchev–Trinajstić information content (AvgIpc) is 3.49. The number of carbonyl (C=O) groups excluding carboxylic acids is 1. The Bertz CT molecular complexity index is 1590. The van der Waals surface area contributed by atoms with Gasteiger partial charge in [0.1, 0.15) is 35.6 Å². The number of ether oxygens (including phenoxy) is 6. The summed E-state index contributed by atoms with van der Waals surface area (Å²) in [7, 11) is 2.97. The summed E-state index contributed by atoms with van der Waals surface area (Å²) in [5.41, 5.74) is 3.86. The van der Waals surface area contributed by atoms with Crippen molar-refractivity contribution in [3.63, 3.8) is 0 Å². The second kappa shape index (κ2) is 13.6. The minimum atomic E-state index is -2.12. The molecule has 2 fully saturated rings. The van der Waals surface area contributed by atoms with Crippen LogP contribution in [0, 0.1) is 12.8 Å². The van der Waals surface area contributed by atoms with Gasteiger partial charge < -0.3 is 59.9 Å². The zero-order valence-electron chi connectivity index (χ0n) is 26.9. The lowest BCUT2D eigenvalue weighted by molar-refractivity contribution is -0.324. The summed E-state index contributed by atoms with van der Waals surface area (Å²) in [6.07, 6.45) is -5.79. The lowest BCUT2D eigenvalue weighted by Gasteiger charge is -2.41. The van der Waals surface area contributed by atoms with Crippen molar-refractivity contribution in [3.8, 4) is 17.2 Å². The van der Waals surface area contributed by atoms with Crippen LogP contribution in [0.2, 0.25) is 0 Å². The third-order valence-corrected chi connectivity index (χ3v) is 9.54. The fourth-order valence-corrected chi connectivity index (χ4v) is 7.43. The predicted octanol–water partition coefficient (Wildman–Crippen LogP) is 0.775. The zero-order chi connectivity index (χ0) is 34.2. The lowest BCUT2D eigenvalue weighted by Crippen LogP contribution is -2.52. The van der Waals surface area contributed by atoms with Gasteiger partial charge in [-0.2, -0.15) is 0 Å². The van der Waals surface area contributed by atoms with Crippen LogP contribution in [-0.4, -0.2) is 97.7 Å². The highest BCUT2D eigenvalue weighted by Crippen LogP contribution is 2.69. The summed E-state index contributed by atoms with van der Waals surface area (Å²) in [5.74, 6) is -1.44. The molecule has 0 radical (unpaired) electrons. The maximum atomic E-state index is 13.9. The molecule has 0 bridgehead atoms. The van der Waals surface area contributed by atoms with Gasteiger partial charge in [-0.15, -0.1) is 0 Å². The van der Waals surface area contributed by atoms with Gasteiger partial charge in [0.25, 0.3) is 6.29 Å². The van der Waals surface area contributed by atoms with Gasteiger partial charge in [-0.25, -0.2) is 0 Å². The van der Waals surface area contributed by atoms with Crippen molar-refractivity contribution >= 4 is 5.91 Å². The van der Waals surface area contributed by atoms with E-state index in [9.17, 15) is 25.2 Å². The SMILES string of the molecule is COc1ccc([C@@]23Oc4cc(O[C@@H]5O[C@@H]([C@H](O)CO)CO[C@H]5OC)cc(C)c4[C@]2(O)[C@H](O)[C@H](C(=O)NCCN)[C@H]3c2ccccc2)cc1. The molecule has 48 heavy (non-hydrogen) atoms. The van der Waals surface area contributed by atoms with E-state index in [1.54, 1.807) is 50.4 Å². The number of nitrogens with two attached hydrogens (primary N) is 1. The maximum absolute atomic E-state index is 13.9. The van der Waals surface area contributed by atoms with E-state index >= 15 is 0 Å². The van der Waals surface area contributed by atoms with Crippen LogP contribution in [0.15, 0.2) is 66.7 Å². The van der Waals surface area contributed by atoms with Crippen molar-refractivity contribution < 1.29 is 53.6 Å². The standard InChI is InChI=1S/C35H42N2O11/c1-19-15-23(46-33-32(44-3)45-18-26(47-33)24(39)17-38)16-25-28(19)34(42)30(40)27(31(41)37-14-13-36)29(20-7-5-4-6-8-20)35(34,48-25)21-9-11-22(43-2)12-10-21/h4-12,15-16,24,26-27,29-30,32-33,38-40,42H,13-14,17-18,36H2,1-3H3,(H,37,41)/t24-,26-,27-,29-,30-,32-,33-,34+,35+/m1/s1. The van der Waals surface area contributed by atoms with E-state index < -0.39 is 66.4 Å². The van der Waals surface area contributed by atoms with Gasteiger partial charge in [-0.1, -0.05) is 42.5 Å². The number of carbonyl (C=O) groups is 1. The monoisotopic (exact) mass is 666 g/mol. The molecule has 2 heterocycles. The fraction of sp³-hybridized carbons (Fsp3) is 0.457. The molecule has 0 aromatic heterocycles. The number of fused-ring (bicyclic) bond motifs is 3. The first kappa shape index (κ1) is 34.1. The van der Waals surface area contributed by atoms with Crippen LogP contribution >= 0.6 is 0 Å². The summed E-state index contributed by atoms with van der Waals surface area (Å²) in [6.45, 7) is 1.56. The normalized spacial score (nSPS) is 31.3. The van der Waals surface area contributed by atoms with Crippen molar-refractivity contribution in [3.05, 3.63) is 89.0 Å². The Labute approximate surface area is 278 Å². The van der Waals surface area contributed by atoms with E-state index in [1.165, 1.54) is 7.11 Å². The number of aryl methyl sites for hydroxylation is 1. The first-order valence-electron chi connectivity index (χ1n) is 15.8. The topological polar surface area (TPSA) is 191 Å². The second-order valence-corrected chi connectivity index (χ2v) is 12.2. The molecule has 258 valence electrons. The quantitative estimate of drug-likeness (QED) is 0.169. The summed E-state index contributed by atoms with van der Waals surface area (Å²) < 4.78 is 35.5. The van der Waals surface area contributed by atoms with E-state index in [-0.39, 0.29) is 31.2 Å². The molecule has 3 aliphatic rings. The molecule has 1 aliphatic carbocycles. The van der Waals surface area contributed by atoms with Crippen molar-refractivity contribution in [1.29, 1.82) is 0 Å². The fourth-order valence-electron chi connectivity index (χ4n) is 7.43. The van der Waals surface area contributed by atoms with Crippen molar-refractivity contribution in [2.45, 2.75) is 54.9 Å². The number of aliphatic hydroxyl groups is 4. The van der Waals surface area contributed by atoms with Crippen LogP contribution in [0.4, 0.5) is 0 Å². The minimum absolute atomic E-state index is 0.0252. The lowest BCUT2D eigenvalue weighted by atomic mass is 9.70. The largest absolute Gasteiger partial charge is 0.497 e. The molecule has 0 unspecified atom stereocenters. The van der Waals surface area contributed by atoms with E-state index in [4.69, 9.17) is 34.2 Å². The molecule has 1 saturated heterocycles. The summed E-state index contributed by atoms with van der Waals surface area (Å²) in [6, 6.07) is 19.4. The van der Waals surface area contributed by atoms with Crippen LogP contribution in [0.5, 0.6) is 17.2 Å². The molecule has 0 spiro atoms. The predicted molar refractivity (Wildman–Crippen MR) is 170 cm³/mol. The molecule has 2 aliphatic heterocycles. The highest BCUT2D eigenvalue weighted by Gasteiger charge is 2.77. The Morgan fingerprint density at radius 2 is 1.81 bits per heavy atom. The van der Waals surface area contributed by atoms with Crippen molar-refractivity contribution in [2.75, 3.05) is 40.5 Å². The number of rotatable bonds is 11. The van der Waals surface area contributed by atoms with E-state index in [0.29, 0.717) is 28.0 Å². The Hall–Kier alpha value is -3.79. The van der Waals surface area contributed by atoms with Crippen molar-refractivity contribution in [1.82, 2.24) is 5.32 Å². The van der Waals surface area contributed by atoms with Crippen molar-refractivity contribution in [2.24, 2.45) is 11.7 Å². The molecule has 6 rings (SSSR count). The third kappa shape index (κ3) is 5.40. The molecule has 3 aromatic rings. The van der Waals surface area contributed by atoms with Crippen LogP contribution in [0.3, 0.4) is 0 Å². The molecule has 3 aromatic carbocycles. The summed E-state index contributed by atoms with van der Waals surface area (Å²) >= 11 is 0. The smallest absolute Gasteiger partial charge is 0.251 e. The van der Waals surface area contributed by atoms with Gasteiger partial charge in [0.05, 0.1) is 26.2 Å². The number of aliphatic hydroxyl groups excluding tert-OH is 3. The molecule has 7 N–H and O–H groups in total. The molecule has 9 atom stereocenters. The van der Waals surface area contributed by atoms with E-state index in [0.717, 1.165) is 0 Å². The number of benzene rings is 3. The summed E-state index contributed by atoms with van der Waals surface area (Å²) in [5, 5.41) is 47.8. The third-order valence-electron chi connectivity index (χ3n) is 9.54. The minimum Gasteiger partial charge on any atom is -0.497 e. The number of amides is 1. The Morgan fingerprint density at radius 3 is 2.46 bits per heavy atom. The number of nitrogens with one attached hydrogen (secondary N) is 1. The molecular weight excluding hydrogens is 624 g/mol. The first-order valence-corrected chi connectivity index (χ1v) is 15.8. The summed E-state index contributed by atoms with van der Waals surface area (Å²) in [4.78, 5) is 13.9. The average molecular weight is 667 g/mol. The van der Waals surface area contributed by atoms with Gasteiger partial charge in [0.15, 0.2) is 11.2 Å². The molecule has 13 nitrogen and oxygen atoms in total. The maximum Gasteiger partial charge on any atom is 0.251 e. The highest BCUT2D eigenvalue weighted by molar-refractivity contribution is 5.83. The van der Waals surface area contributed by atoms with Gasteiger partial charge in [-0.05, 0) is 41.8 Å². The number of hydrogen-bond acceptors (Lipinski definition) is 12. The Morgan fingerprint density at radius 1 is 1.08 bits per heavy atom. The van der Waals surface area contributed by atoms with Gasteiger partial charge >= 0.3 is 0 Å². The van der Waals surface area contributed by atoms with Crippen LogP contribution < -0.4 is 25.3 Å². The van der Waals surface area contributed by atoms with E-state index in [2.05, 4.69) is 5.32 Å². The van der Waals surface area contributed by atoms with Gasteiger partial charge in [0, 0.05) is 37.7 Å². The number of methoxy groups -OCH3 is 2. The molecular formula is C35H42N2O11. The van der Waals surface area contributed by atoms with Crippen LogP contribution in [-0.2, 0) is 30.2 Å².